The summed E-state index contributed by atoms with van der Waals surface area (Å²) in [6.45, 7) is 0. The van der Waals surface area contributed by atoms with Crippen LogP contribution < -0.4 is 4.74 Å². The molecule has 0 aromatic heterocycles. The lowest BCUT2D eigenvalue weighted by atomic mass is 10.3. The average Bonchev–Trinajstić information content (AvgIpc) is 1.88. The van der Waals surface area contributed by atoms with Crippen LogP contribution in [0.5, 0.6) is 5.75 Å². The van der Waals surface area contributed by atoms with Gasteiger partial charge in [-0.05, 0) is 12.1 Å². The van der Waals surface area contributed by atoms with E-state index < -0.39 is 0 Å². The van der Waals surface area contributed by atoms with Crippen LogP contribution in [0.25, 0.3) is 0 Å². The standard InChI is InChI=1S/C7H7FO.B/c1-9-7-4-2-3-6(8)5-7;/h2-5H,1H3;. The molecule has 0 aliphatic rings. The molecule has 3 radical (unpaired) electrons. The second kappa shape index (κ2) is 3.93. The van der Waals surface area contributed by atoms with E-state index in [9.17, 15) is 4.39 Å². The lowest BCUT2D eigenvalue weighted by Crippen LogP contribution is -1.81. The van der Waals surface area contributed by atoms with Crippen molar-refractivity contribution in [2.45, 2.75) is 0 Å². The quantitative estimate of drug-likeness (QED) is 0.532. The molecule has 10 heavy (non-hydrogen) atoms. The Morgan fingerprint density at radius 2 is 2.10 bits per heavy atom. The predicted octanol–water partition coefficient (Wildman–Crippen LogP) is 1.45. The number of benzene rings is 1. The minimum absolute atomic E-state index is 0. The van der Waals surface area contributed by atoms with Crippen LogP contribution in [0.3, 0.4) is 0 Å². The molecule has 0 fully saturated rings. The molecule has 0 aliphatic carbocycles. The summed E-state index contributed by atoms with van der Waals surface area (Å²) < 4.78 is 17.0. The van der Waals surface area contributed by atoms with Gasteiger partial charge in [-0.2, -0.15) is 0 Å². The maximum Gasteiger partial charge on any atom is 0.126 e. The first kappa shape index (κ1) is 9.01. The van der Waals surface area contributed by atoms with Gasteiger partial charge in [0.2, 0.25) is 0 Å². The topological polar surface area (TPSA) is 9.23 Å². The molecule has 0 aliphatic heterocycles. The van der Waals surface area contributed by atoms with Gasteiger partial charge >= 0.3 is 0 Å². The third-order valence-corrected chi connectivity index (χ3v) is 1.03. The van der Waals surface area contributed by atoms with Gasteiger partial charge in [0, 0.05) is 14.5 Å². The Bertz CT molecular complexity index is 203. The number of hydrogen-bond acceptors (Lipinski definition) is 1. The smallest absolute Gasteiger partial charge is 0.126 e. The van der Waals surface area contributed by atoms with Crippen LogP contribution in [0.15, 0.2) is 24.3 Å². The summed E-state index contributed by atoms with van der Waals surface area (Å²) in [7, 11) is 1.51. The first-order valence-corrected chi connectivity index (χ1v) is 2.62. The SMILES string of the molecule is COc1cccc(F)c1.[B]. The molecule has 0 heterocycles. The number of halogens is 1. The summed E-state index contributed by atoms with van der Waals surface area (Å²) in [5, 5.41) is 0. The minimum atomic E-state index is -0.269. The second-order valence-corrected chi connectivity index (χ2v) is 1.66. The van der Waals surface area contributed by atoms with Gasteiger partial charge in [-0.15, -0.1) is 0 Å². The lowest BCUT2D eigenvalue weighted by molar-refractivity contribution is 0.411. The normalized spacial score (nSPS) is 8.20. The molecular weight excluding hydrogens is 130 g/mol. The van der Waals surface area contributed by atoms with E-state index in [4.69, 9.17) is 4.74 Å². The fraction of sp³-hybridized carbons (Fsp3) is 0.143. The summed E-state index contributed by atoms with van der Waals surface area (Å²) >= 11 is 0. The molecule has 0 amide bonds. The summed E-state index contributed by atoms with van der Waals surface area (Å²) in [6.07, 6.45) is 0. The highest BCUT2D eigenvalue weighted by molar-refractivity contribution is 5.75. The second-order valence-electron chi connectivity index (χ2n) is 1.66. The highest BCUT2D eigenvalue weighted by Crippen LogP contribution is 2.09. The first-order valence-electron chi connectivity index (χ1n) is 2.62. The van der Waals surface area contributed by atoms with Crippen molar-refractivity contribution in [3.8, 4) is 5.75 Å². The Kier molecular flexibility index (Phi) is 3.54. The van der Waals surface area contributed by atoms with Crippen molar-refractivity contribution in [2.24, 2.45) is 0 Å². The van der Waals surface area contributed by atoms with Crippen LogP contribution in [0, 0.1) is 5.82 Å². The molecule has 51 valence electrons. The fourth-order valence-corrected chi connectivity index (χ4v) is 0.594. The molecule has 0 saturated heterocycles. The third-order valence-electron chi connectivity index (χ3n) is 1.03. The molecule has 1 nitrogen and oxygen atoms in total. The zero-order valence-corrected chi connectivity index (χ0v) is 5.67. The van der Waals surface area contributed by atoms with Gasteiger partial charge in [0.15, 0.2) is 0 Å². The van der Waals surface area contributed by atoms with Gasteiger partial charge in [0.1, 0.15) is 11.6 Å². The van der Waals surface area contributed by atoms with Crippen molar-refractivity contribution in [1.29, 1.82) is 0 Å². The Morgan fingerprint density at radius 3 is 2.50 bits per heavy atom. The zero-order valence-electron chi connectivity index (χ0n) is 5.67. The Morgan fingerprint density at radius 1 is 1.40 bits per heavy atom. The molecule has 1 rings (SSSR count). The molecule has 0 spiro atoms. The molecule has 0 saturated carbocycles. The van der Waals surface area contributed by atoms with E-state index in [0.717, 1.165) is 0 Å². The van der Waals surface area contributed by atoms with E-state index in [1.807, 2.05) is 0 Å². The van der Waals surface area contributed by atoms with Crippen molar-refractivity contribution in [3.63, 3.8) is 0 Å². The largest absolute Gasteiger partial charge is 0.497 e. The van der Waals surface area contributed by atoms with E-state index in [2.05, 4.69) is 0 Å². The highest BCUT2D eigenvalue weighted by Gasteiger charge is 1.90. The van der Waals surface area contributed by atoms with Gasteiger partial charge in [0.05, 0.1) is 7.11 Å². The Labute approximate surface area is 61.4 Å². The van der Waals surface area contributed by atoms with E-state index in [0.29, 0.717) is 5.75 Å². The van der Waals surface area contributed by atoms with Crippen LogP contribution in [0.1, 0.15) is 0 Å². The van der Waals surface area contributed by atoms with Crippen LogP contribution in [0.2, 0.25) is 0 Å². The summed E-state index contributed by atoms with van der Waals surface area (Å²) in [5.41, 5.74) is 0. The maximum atomic E-state index is 12.3. The Balaban J connectivity index is 0.000000810. The minimum Gasteiger partial charge on any atom is -0.497 e. The molecule has 1 aromatic carbocycles. The zero-order chi connectivity index (χ0) is 6.69. The van der Waals surface area contributed by atoms with Crippen LogP contribution in [-0.4, -0.2) is 15.5 Å². The van der Waals surface area contributed by atoms with E-state index >= 15 is 0 Å². The van der Waals surface area contributed by atoms with E-state index in [1.54, 1.807) is 12.1 Å². The molecule has 0 atom stereocenters. The number of methoxy groups -OCH3 is 1. The lowest BCUT2D eigenvalue weighted by Gasteiger charge is -1.95. The summed E-state index contributed by atoms with van der Waals surface area (Å²) in [4.78, 5) is 0. The number of ether oxygens (including phenoxy) is 1. The van der Waals surface area contributed by atoms with E-state index in [-0.39, 0.29) is 14.2 Å². The molecule has 3 heteroatoms. The van der Waals surface area contributed by atoms with Crippen LogP contribution >= 0.6 is 0 Å². The van der Waals surface area contributed by atoms with Gasteiger partial charge in [0.25, 0.3) is 0 Å². The van der Waals surface area contributed by atoms with Gasteiger partial charge < -0.3 is 4.74 Å². The molecule has 0 unspecified atom stereocenters. The van der Waals surface area contributed by atoms with Crippen molar-refractivity contribution >= 4 is 8.41 Å². The van der Waals surface area contributed by atoms with Crippen molar-refractivity contribution in [1.82, 2.24) is 0 Å². The van der Waals surface area contributed by atoms with Crippen molar-refractivity contribution in [3.05, 3.63) is 30.1 Å². The number of hydrogen-bond donors (Lipinski definition) is 0. The first-order chi connectivity index (χ1) is 4.33. The molecule has 0 N–H and O–H groups in total. The van der Waals surface area contributed by atoms with Crippen LogP contribution in [0.4, 0.5) is 4.39 Å². The number of rotatable bonds is 1. The summed E-state index contributed by atoms with van der Waals surface area (Å²) in [5.74, 6) is 0.282. The van der Waals surface area contributed by atoms with Gasteiger partial charge in [-0.3, -0.25) is 0 Å². The van der Waals surface area contributed by atoms with Crippen molar-refractivity contribution < 1.29 is 9.13 Å². The molecule has 1 aromatic rings. The average molecular weight is 137 g/mol. The van der Waals surface area contributed by atoms with Crippen molar-refractivity contribution in [2.75, 3.05) is 7.11 Å². The maximum absolute atomic E-state index is 12.3. The third kappa shape index (κ3) is 2.09. The Hall–Kier alpha value is -0.985. The van der Waals surface area contributed by atoms with Gasteiger partial charge in [-0.25, -0.2) is 4.39 Å². The molecular formula is C7H7BFO. The molecule has 0 bridgehead atoms. The van der Waals surface area contributed by atoms with Crippen LogP contribution in [-0.2, 0) is 0 Å². The monoisotopic (exact) mass is 137 g/mol. The summed E-state index contributed by atoms with van der Waals surface area (Å²) in [6, 6.07) is 6.01. The fourth-order valence-electron chi connectivity index (χ4n) is 0.594. The van der Waals surface area contributed by atoms with Gasteiger partial charge in [-0.1, -0.05) is 6.07 Å². The highest BCUT2D eigenvalue weighted by atomic mass is 19.1. The predicted molar refractivity (Wildman–Crippen MR) is 38.7 cm³/mol. The van der Waals surface area contributed by atoms with E-state index in [1.165, 1.54) is 19.2 Å².